The second-order valence-electron chi connectivity index (χ2n) is 6.79. The summed E-state index contributed by atoms with van der Waals surface area (Å²) in [4.78, 5) is 14.5. The maximum absolute atomic E-state index is 12.8. The van der Waals surface area contributed by atoms with Crippen LogP contribution in [0.25, 0.3) is 0 Å². The Morgan fingerprint density at radius 1 is 1.00 bits per heavy atom. The summed E-state index contributed by atoms with van der Waals surface area (Å²) in [6.07, 6.45) is 0. The standard InChI is InChI=1S/C19H20Cl3N3O3S/c1-13-2-4-15(5-3-13)29(27,28)25-8-6-24(7-9-25)12-18(26)23-19-16(21)10-14(20)11-17(19)22/h2-5,10-11H,6-9,12H2,1H3,(H,23,26). The van der Waals surface area contributed by atoms with Crippen LogP contribution in [0.1, 0.15) is 5.56 Å². The molecule has 1 saturated heterocycles. The van der Waals surface area contributed by atoms with Gasteiger partial charge in [0, 0.05) is 31.2 Å². The molecule has 0 saturated carbocycles. The van der Waals surface area contributed by atoms with Crippen LogP contribution in [-0.2, 0) is 14.8 Å². The van der Waals surface area contributed by atoms with Crippen molar-refractivity contribution in [3.05, 3.63) is 57.0 Å². The lowest BCUT2D eigenvalue weighted by atomic mass is 10.2. The van der Waals surface area contributed by atoms with E-state index in [2.05, 4.69) is 5.32 Å². The lowest BCUT2D eigenvalue weighted by Crippen LogP contribution is -2.50. The van der Waals surface area contributed by atoms with Gasteiger partial charge < -0.3 is 5.32 Å². The number of amides is 1. The zero-order valence-corrected chi connectivity index (χ0v) is 18.7. The van der Waals surface area contributed by atoms with Crippen LogP contribution in [0, 0.1) is 6.92 Å². The molecule has 1 fully saturated rings. The largest absolute Gasteiger partial charge is 0.322 e. The van der Waals surface area contributed by atoms with Crippen molar-refractivity contribution in [1.29, 1.82) is 0 Å². The molecule has 0 atom stereocenters. The highest BCUT2D eigenvalue weighted by Crippen LogP contribution is 2.33. The molecule has 156 valence electrons. The van der Waals surface area contributed by atoms with Crippen molar-refractivity contribution >= 4 is 56.4 Å². The molecule has 1 aliphatic heterocycles. The minimum atomic E-state index is -3.54. The highest BCUT2D eigenvalue weighted by Gasteiger charge is 2.29. The summed E-state index contributed by atoms with van der Waals surface area (Å²) in [6, 6.07) is 9.79. The van der Waals surface area contributed by atoms with Crippen molar-refractivity contribution in [1.82, 2.24) is 9.21 Å². The Labute approximate surface area is 185 Å². The predicted octanol–water partition coefficient (Wildman–Crippen LogP) is 3.90. The number of nitrogens with zero attached hydrogens (tertiary/aromatic N) is 2. The van der Waals surface area contributed by atoms with Crippen LogP contribution in [0.5, 0.6) is 0 Å². The first kappa shape index (κ1) is 22.3. The Kier molecular flexibility index (Phi) is 7.09. The first-order chi connectivity index (χ1) is 13.7. The van der Waals surface area contributed by atoms with Gasteiger partial charge in [-0.3, -0.25) is 9.69 Å². The van der Waals surface area contributed by atoms with Gasteiger partial charge >= 0.3 is 0 Å². The van der Waals surface area contributed by atoms with Gasteiger partial charge in [-0.25, -0.2) is 8.42 Å². The van der Waals surface area contributed by atoms with Crippen LogP contribution in [-0.4, -0.2) is 56.3 Å². The number of carbonyl (C=O) groups is 1. The van der Waals surface area contributed by atoms with Crippen LogP contribution in [0.3, 0.4) is 0 Å². The van der Waals surface area contributed by atoms with Crippen LogP contribution in [0.2, 0.25) is 15.1 Å². The second-order valence-corrected chi connectivity index (χ2v) is 9.97. The summed E-state index contributed by atoms with van der Waals surface area (Å²) in [7, 11) is -3.54. The molecule has 29 heavy (non-hydrogen) atoms. The number of anilines is 1. The molecular formula is C19H20Cl3N3O3S. The Morgan fingerprint density at radius 3 is 2.10 bits per heavy atom. The molecule has 3 rings (SSSR count). The average Bonchev–Trinajstić information content (AvgIpc) is 2.65. The number of halogens is 3. The predicted molar refractivity (Wildman–Crippen MR) is 116 cm³/mol. The van der Waals surface area contributed by atoms with Gasteiger partial charge in [-0.2, -0.15) is 4.31 Å². The van der Waals surface area contributed by atoms with Crippen molar-refractivity contribution in [2.24, 2.45) is 0 Å². The lowest BCUT2D eigenvalue weighted by molar-refractivity contribution is -0.117. The topological polar surface area (TPSA) is 69.7 Å². The smallest absolute Gasteiger partial charge is 0.243 e. The number of rotatable bonds is 5. The van der Waals surface area contributed by atoms with Crippen molar-refractivity contribution in [2.45, 2.75) is 11.8 Å². The molecule has 0 bridgehead atoms. The zero-order chi connectivity index (χ0) is 21.2. The molecule has 1 heterocycles. The van der Waals surface area contributed by atoms with E-state index in [9.17, 15) is 13.2 Å². The maximum atomic E-state index is 12.8. The zero-order valence-electron chi connectivity index (χ0n) is 15.7. The van der Waals surface area contributed by atoms with Gasteiger partial charge in [-0.05, 0) is 31.2 Å². The average molecular weight is 477 g/mol. The number of benzene rings is 2. The molecule has 0 radical (unpaired) electrons. The number of hydrogen-bond acceptors (Lipinski definition) is 4. The van der Waals surface area contributed by atoms with E-state index < -0.39 is 10.0 Å². The molecule has 0 aromatic heterocycles. The van der Waals surface area contributed by atoms with E-state index in [1.54, 1.807) is 24.3 Å². The van der Waals surface area contributed by atoms with Crippen molar-refractivity contribution in [2.75, 3.05) is 38.0 Å². The van der Waals surface area contributed by atoms with Gasteiger partial charge in [0.25, 0.3) is 0 Å². The first-order valence-corrected chi connectivity index (χ1v) is 11.5. The summed E-state index contributed by atoms with van der Waals surface area (Å²) in [5.41, 5.74) is 1.31. The third kappa shape index (κ3) is 5.42. The van der Waals surface area contributed by atoms with Crippen LogP contribution < -0.4 is 5.32 Å². The molecular weight excluding hydrogens is 457 g/mol. The number of piperazine rings is 1. The van der Waals surface area contributed by atoms with Crippen molar-refractivity contribution in [3.63, 3.8) is 0 Å². The highest BCUT2D eigenvalue weighted by molar-refractivity contribution is 7.89. The van der Waals surface area contributed by atoms with Gasteiger partial charge in [0.1, 0.15) is 0 Å². The van der Waals surface area contributed by atoms with Crippen LogP contribution in [0.4, 0.5) is 5.69 Å². The van der Waals surface area contributed by atoms with E-state index in [1.165, 1.54) is 16.4 Å². The van der Waals surface area contributed by atoms with E-state index in [4.69, 9.17) is 34.8 Å². The van der Waals surface area contributed by atoms with E-state index in [0.717, 1.165) is 5.56 Å². The highest BCUT2D eigenvalue weighted by atomic mass is 35.5. The normalized spacial score (nSPS) is 16.0. The van der Waals surface area contributed by atoms with E-state index in [1.807, 2.05) is 11.8 Å². The molecule has 0 aliphatic carbocycles. The molecule has 2 aromatic rings. The molecule has 0 unspecified atom stereocenters. The molecule has 10 heteroatoms. The summed E-state index contributed by atoms with van der Waals surface area (Å²) in [6.45, 7) is 3.53. The Bertz CT molecular complexity index is 982. The Balaban J connectivity index is 1.57. The van der Waals surface area contributed by atoms with Crippen molar-refractivity contribution < 1.29 is 13.2 Å². The fourth-order valence-electron chi connectivity index (χ4n) is 3.03. The van der Waals surface area contributed by atoms with E-state index >= 15 is 0 Å². The Hall–Kier alpha value is -1.35. The third-order valence-electron chi connectivity index (χ3n) is 4.63. The monoisotopic (exact) mass is 475 g/mol. The number of nitrogens with one attached hydrogen (secondary N) is 1. The molecule has 0 spiro atoms. The number of hydrogen-bond donors (Lipinski definition) is 1. The lowest BCUT2D eigenvalue weighted by Gasteiger charge is -2.33. The van der Waals surface area contributed by atoms with E-state index in [0.29, 0.717) is 36.9 Å². The summed E-state index contributed by atoms with van der Waals surface area (Å²) in [5, 5.41) is 3.58. The van der Waals surface area contributed by atoms with Gasteiger partial charge in [0.2, 0.25) is 15.9 Å². The van der Waals surface area contributed by atoms with Gasteiger partial charge in [0.15, 0.2) is 0 Å². The van der Waals surface area contributed by atoms with Gasteiger partial charge in [-0.15, -0.1) is 0 Å². The fourth-order valence-corrected chi connectivity index (χ4v) is 5.36. The maximum Gasteiger partial charge on any atom is 0.243 e. The van der Waals surface area contributed by atoms with Gasteiger partial charge in [-0.1, -0.05) is 52.5 Å². The molecule has 2 aromatic carbocycles. The Morgan fingerprint density at radius 2 is 1.55 bits per heavy atom. The second kappa shape index (κ2) is 9.20. The van der Waals surface area contributed by atoms with Crippen LogP contribution in [0.15, 0.2) is 41.3 Å². The number of sulfonamides is 1. The fraction of sp³-hybridized carbons (Fsp3) is 0.316. The quantitative estimate of drug-likeness (QED) is 0.710. The van der Waals surface area contributed by atoms with Gasteiger partial charge in [0.05, 0.1) is 27.2 Å². The minimum Gasteiger partial charge on any atom is -0.322 e. The number of aryl methyl sites for hydroxylation is 1. The number of carbonyl (C=O) groups excluding carboxylic acids is 1. The van der Waals surface area contributed by atoms with Crippen molar-refractivity contribution in [3.8, 4) is 0 Å². The third-order valence-corrected chi connectivity index (χ3v) is 7.36. The van der Waals surface area contributed by atoms with Crippen LogP contribution >= 0.6 is 34.8 Å². The molecule has 1 aliphatic rings. The SMILES string of the molecule is Cc1ccc(S(=O)(=O)N2CCN(CC(=O)Nc3c(Cl)cc(Cl)cc3Cl)CC2)cc1. The van der Waals surface area contributed by atoms with E-state index in [-0.39, 0.29) is 27.4 Å². The molecule has 1 amide bonds. The first-order valence-electron chi connectivity index (χ1n) is 8.90. The summed E-state index contributed by atoms with van der Waals surface area (Å²) in [5.74, 6) is -0.286. The summed E-state index contributed by atoms with van der Waals surface area (Å²) < 4.78 is 27.0. The summed E-state index contributed by atoms with van der Waals surface area (Å²) >= 11 is 18.0. The molecule has 1 N–H and O–H groups in total. The minimum absolute atomic E-state index is 0.105. The molecule has 6 nitrogen and oxygen atoms in total.